The largest absolute Gasteiger partial charge is 0.444 e. The van der Waals surface area contributed by atoms with Crippen LogP contribution in [0.3, 0.4) is 0 Å². The van der Waals surface area contributed by atoms with Gasteiger partial charge in [0.2, 0.25) is 5.28 Å². The molecule has 132 valence electrons. The van der Waals surface area contributed by atoms with Crippen LogP contribution in [0.4, 0.5) is 22.0 Å². The van der Waals surface area contributed by atoms with Gasteiger partial charge in [-0.1, -0.05) is 12.1 Å². The van der Waals surface area contributed by atoms with Crippen LogP contribution in [-0.4, -0.2) is 21.7 Å². The molecule has 3 rings (SSSR count). The highest BCUT2D eigenvalue weighted by Crippen LogP contribution is 2.46. The third-order valence-electron chi connectivity index (χ3n) is 3.28. The van der Waals surface area contributed by atoms with E-state index >= 15 is 0 Å². The van der Waals surface area contributed by atoms with Crippen molar-refractivity contribution in [2.75, 3.05) is 9.76 Å². The summed E-state index contributed by atoms with van der Waals surface area (Å²) in [7, 11) is 0.331. The van der Waals surface area contributed by atoms with Crippen LogP contribution in [0.1, 0.15) is 26.3 Å². The number of alkyl carbamates (subject to hydrolysis) is 1. The van der Waals surface area contributed by atoms with Gasteiger partial charge in [-0.3, -0.25) is 4.67 Å². The molecular formula is C16H19ClN5O2P. The van der Waals surface area contributed by atoms with E-state index in [9.17, 15) is 4.79 Å². The molecule has 1 aromatic carbocycles. The maximum atomic E-state index is 11.7. The third kappa shape index (κ3) is 4.50. The summed E-state index contributed by atoms with van der Waals surface area (Å²) in [6.45, 7) is 5.90. The monoisotopic (exact) mass is 379 g/mol. The van der Waals surface area contributed by atoms with Gasteiger partial charge in [-0.15, -0.1) is 0 Å². The summed E-state index contributed by atoms with van der Waals surface area (Å²) in [5.41, 5.74) is 2.32. The topological polar surface area (TPSA) is 79.4 Å². The number of carbonyl (C=O) groups is 1. The van der Waals surface area contributed by atoms with Gasteiger partial charge in [-0.25, -0.2) is 9.78 Å². The van der Waals surface area contributed by atoms with Crippen LogP contribution in [0.25, 0.3) is 0 Å². The molecule has 1 aliphatic rings. The average Bonchev–Trinajstić information content (AvgIpc) is 2.95. The minimum Gasteiger partial charge on any atom is -0.444 e. The summed E-state index contributed by atoms with van der Waals surface area (Å²) >= 11 is 5.89. The van der Waals surface area contributed by atoms with Crippen molar-refractivity contribution in [3.63, 3.8) is 0 Å². The van der Waals surface area contributed by atoms with Crippen molar-refractivity contribution < 1.29 is 9.53 Å². The number of rotatable bonds is 3. The van der Waals surface area contributed by atoms with E-state index < -0.39 is 11.7 Å². The Hall–Kier alpha value is -2.11. The molecular weight excluding hydrogens is 361 g/mol. The number of anilines is 3. The highest BCUT2D eigenvalue weighted by molar-refractivity contribution is 7.43. The van der Waals surface area contributed by atoms with Gasteiger partial charge < -0.3 is 15.1 Å². The van der Waals surface area contributed by atoms with Crippen LogP contribution >= 0.6 is 20.5 Å². The number of benzene rings is 1. The molecule has 1 atom stereocenters. The summed E-state index contributed by atoms with van der Waals surface area (Å²) in [6, 6.07) is 7.87. The molecule has 9 heteroatoms. The van der Waals surface area contributed by atoms with E-state index in [-0.39, 0.29) is 5.28 Å². The number of nitrogens with one attached hydrogen (secondary N) is 2. The van der Waals surface area contributed by atoms with Crippen molar-refractivity contribution in [2.24, 2.45) is 0 Å². The van der Waals surface area contributed by atoms with Crippen LogP contribution in [0, 0.1) is 0 Å². The SMILES string of the molecule is CC(C)(C)OC(=O)NCc1ccc(N2PNc3cnc(Cl)nc32)cc1. The zero-order valence-electron chi connectivity index (χ0n) is 14.1. The zero-order valence-corrected chi connectivity index (χ0v) is 15.9. The minimum atomic E-state index is -0.506. The number of carbonyl (C=O) groups excluding carboxylic acids is 1. The summed E-state index contributed by atoms with van der Waals surface area (Å²) < 4.78 is 7.26. The molecule has 0 radical (unpaired) electrons. The van der Waals surface area contributed by atoms with Crippen molar-refractivity contribution >= 4 is 43.8 Å². The van der Waals surface area contributed by atoms with Gasteiger partial charge in [0, 0.05) is 12.2 Å². The number of halogens is 1. The fraction of sp³-hybridized carbons (Fsp3) is 0.312. The number of hydrogen-bond acceptors (Lipinski definition) is 6. The number of amides is 1. The highest BCUT2D eigenvalue weighted by Gasteiger charge is 2.23. The van der Waals surface area contributed by atoms with Crippen LogP contribution in [0.2, 0.25) is 5.28 Å². The van der Waals surface area contributed by atoms with E-state index in [4.69, 9.17) is 16.3 Å². The lowest BCUT2D eigenvalue weighted by Crippen LogP contribution is -2.32. The fourth-order valence-corrected chi connectivity index (χ4v) is 3.31. The first-order valence-corrected chi connectivity index (χ1v) is 9.04. The number of fused-ring (bicyclic) bond motifs is 1. The van der Waals surface area contributed by atoms with Gasteiger partial charge in [0.1, 0.15) is 11.3 Å². The maximum Gasteiger partial charge on any atom is 0.407 e. The standard InChI is InChI=1S/C16H19ClN5O2P/c1-16(2,3)24-15(23)19-8-10-4-6-11(7-5-10)22-13-12(21-25-22)9-18-14(17)20-13/h4-7,9,21,25H,8H2,1-3H3,(H,19,23). The molecule has 0 saturated heterocycles. The van der Waals surface area contributed by atoms with E-state index in [0.717, 1.165) is 22.8 Å². The molecule has 1 aliphatic heterocycles. The fourth-order valence-electron chi connectivity index (χ4n) is 2.22. The summed E-state index contributed by atoms with van der Waals surface area (Å²) in [5, 5.41) is 6.21. The third-order valence-corrected chi connectivity index (χ3v) is 4.54. The quantitative estimate of drug-likeness (QED) is 0.613. The van der Waals surface area contributed by atoms with Crippen molar-refractivity contribution in [1.82, 2.24) is 15.3 Å². The van der Waals surface area contributed by atoms with Gasteiger partial charge in [-0.2, -0.15) is 4.98 Å². The molecule has 1 aromatic heterocycles. The average molecular weight is 380 g/mol. The first-order chi connectivity index (χ1) is 11.8. The van der Waals surface area contributed by atoms with Gasteiger partial charge in [-0.05, 0) is 50.1 Å². The van der Waals surface area contributed by atoms with Crippen LogP contribution < -0.4 is 15.1 Å². The lowest BCUT2D eigenvalue weighted by atomic mass is 10.2. The highest BCUT2D eigenvalue weighted by atomic mass is 35.5. The Morgan fingerprint density at radius 3 is 2.76 bits per heavy atom. The second-order valence-corrected chi connectivity index (χ2v) is 7.73. The van der Waals surface area contributed by atoms with Gasteiger partial charge in [0.25, 0.3) is 0 Å². The van der Waals surface area contributed by atoms with Crippen LogP contribution in [0.15, 0.2) is 30.5 Å². The van der Waals surface area contributed by atoms with E-state index in [2.05, 4.69) is 20.4 Å². The van der Waals surface area contributed by atoms with E-state index in [1.54, 1.807) is 6.20 Å². The predicted octanol–water partition coefficient (Wildman–Crippen LogP) is 4.23. The van der Waals surface area contributed by atoms with E-state index in [1.165, 1.54) is 0 Å². The molecule has 2 aromatic rings. The maximum absolute atomic E-state index is 11.7. The number of nitrogens with zero attached hydrogens (tertiary/aromatic N) is 3. The lowest BCUT2D eigenvalue weighted by Gasteiger charge is -2.20. The Bertz CT molecular complexity index is 779. The normalized spacial score (nSPS) is 14.2. The second kappa shape index (κ2) is 7.02. The van der Waals surface area contributed by atoms with E-state index in [0.29, 0.717) is 15.4 Å². The Balaban J connectivity index is 1.64. The smallest absolute Gasteiger partial charge is 0.407 e. The summed E-state index contributed by atoms with van der Waals surface area (Å²) in [5.74, 6) is 0.762. The van der Waals surface area contributed by atoms with Gasteiger partial charge in [0.05, 0.1) is 15.1 Å². The minimum absolute atomic E-state index is 0.218. The molecule has 7 nitrogen and oxygen atoms in total. The van der Waals surface area contributed by atoms with E-state index in [1.807, 2.05) is 49.7 Å². The number of ether oxygens (including phenoxy) is 1. The molecule has 1 unspecified atom stereocenters. The molecule has 0 spiro atoms. The lowest BCUT2D eigenvalue weighted by molar-refractivity contribution is 0.0523. The summed E-state index contributed by atoms with van der Waals surface area (Å²) in [6.07, 6.45) is 1.25. The number of hydrogen-bond donors (Lipinski definition) is 2. The first kappa shape index (κ1) is 17.7. The Kier molecular flexibility index (Phi) is 4.97. The zero-order chi connectivity index (χ0) is 18.0. The van der Waals surface area contributed by atoms with Crippen LogP contribution in [0.5, 0.6) is 0 Å². The molecule has 1 amide bonds. The van der Waals surface area contributed by atoms with Crippen molar-refractivity contribution in [3.8, 4) is 0 Å². The van der Waals surface area contributed by atoms with Crippen LogP contribution in [-0.2, 0) is 11.3 Å². The van der Waals surface area contributed by atoms with Crippen molar-refractivity contribution in [2.45, 2.75) is 32.9 Å². The molecule has 0 fully saturated rings. The molecule has 2 heterocycles. The molecule has 0 saturated carbocycles. The molecule has 0 aliphatic carbocycles. The van der Waals surface area contributed by atoms with Crippen molar-refractivity contribution in [3.05, 3.63) is 41.3 Å². The first-order valence-electron chi connectivity index (χ1n) is 7.72. The second-order valence-electron chi connectivity index (χ2n) is 6.47. The molecule has 25 heavy (non-hydrogen) atoms. The number of aromatic nitrogens is 2. The molecule has 0 bridgehead atoms. The Morgan fingerprint density at radius 2 is 2.08 bits per heavy atom. The Labute approximate surface area is 153 Å². The summed E-state index contributed by atoms with van der Waals surface area (Å²) in [4.78, 5) is 20.0. The molecule has 2 N–H and O–H groups in total. The predicted molar refractivity (Wildman–Crippen MR) is 101 cm³/mol. The van der Waals surface area contributed by atoms with Gasteiger partial charge in [0.15, 0.2) is 5.82 Å². The van der Waals surface area contributed by atoms with Gasteiger partial charge >= 0.3 is 6.09 Å². The Morgan fingerprint density at radius 1 is 1.36 bits per heavy atom. The van der Waals surface area contributed by atoms with Crippen molar-refractivity contribution in [1.29, 1.82) is 0 Å².